The summed E-state index contributed by atoms with van der Waals surface area (Å²) in [6.07, 6.45) is 1.27. The summed E-state index contributed by atoms with van der Waals surface area (Å²) < 4.78 is 1.63. The molecule has 6 heteroatoms. The minimum Gasteiger partial charge on any atom is -0.711 e. The Morgan fingerprint density at radius 2 is 2.13 bits per heavy atom. The van der Waals surface area contributed by atoms with Crippen LogP contribution >= 0.6 is 0 Å². The van der Waals surface area contributed by atoms with Crippen LogP contribution in [-0.4, -0.2) is 9.55 Å². The van der Waals surface area contributed by atoms with Crippen molar-refractivity contribution in [1.29, 1.82) is 0 Å². The van der Waals surface area contributed by atoms with E-state index in [9.17, 15) is 14.8 Å². The molecule has 0 bridgehead atoms. The number of H-pyrrole nitrogens is 1. The Morgan fingerprint density at radius 3 is 2.80 bits per heavy atom. The van der Waals surface area contributed by atoms with Gasteiger partial charge in [-0.05, 0) is 18.6 Å². The van der Waals surface area contributed by atoms with Crippen molar-refractivity contribution in [3.63, 3.8) is 0 Å². The van der Waals surface area contributed by atoms with E-state index in [1.165, 1.54) is 19.3 Å². The molecule has 0 spiro atoms. The molecule has 2 aromatic heterocycles. The van der Waals surface area contributed by atoms with E-state index in [1.807, 2.05) is 0 Å². The van der Waals surface area contributed by atoms with Crippen LogP contribution in [0, 0.1) is 12.1 Å². The van der Waals surface area contributed by atoms with Gasteiger partial charge in [-0.25, -0.2) is 9.52 Å². The first-order chi connectivity index (χ1) is 7.02. The number of pyridine rings is 1. The van der Waals surface area contributed by atoms with Gasteiger partial charge in [-0.2, -0.15) is 4.57 Å². The van der Waals surface area contributed by atoms with E-state index < -0.39 is 11.2 Å². The lowest BCUT2D eigenvalue weighted by atomic mass is 10.2. The van der Waals surface area contributed by atoms with Gasteiger partial charge in [0.2, 0.25) is 0 Å². The maximum absolute atomic E-state index is 11.5. The molecule has 0 aliphatic carbocycles. The van der Waals surface area contributed by atoms with E-state index in [2.05, 4.69) is 4.98 Å². The average molecular weight is 207 g/mol. The van der Waals surface area contributed by atoms with Crippen molar-refractivity contribution in [1.82, 2.24) is 9.55 Å². The molecule has 0 fully saturated rings. The molecule has 0 saturated carbocycles. The smallest absolute Gasteiger partial charge is 0.415 e. The second-order valence-electron chi connectivity index (χ2n) is 3.34. The first-order valence-corrected chi connectivity index (χ1v) is 4.34. The highest BCUT2D eigenvalue weighted by Gasteiger charge is 2.14. The highest BCUT2D eigenvalue weighted by Crippen LogP contribution is 2.06. The van der Waals surface area contributed by atoms with E-state index in [0.717, 1.165) is 4.57 Å². The second kappa shape index (κ2) is 2.94. The molecule has 15 heavy (non-hydrogen) atoms. The number of nitrogens with zero attached hydrogens (tertiary/aromatic N) is 2. The third kappa shape index (κ3) is 1.22. The molecule has 0 aromatic carbocycles. The summed E-state index contributed by atoms with van der Waals surface area (Å²) in [7, 11) is 1.44. The van der Waals surface area contributed by atoms with Gasteiger partial charge in [-0.15, -0.1) is 0 Å². The highest BCUT2D eigenvalue weighted by atomic mass is 16.5. The van der Waals surface area contributed by atoms with E-state index in [-0.39, 0.29) is 11.0 Å². The van der Waals surface area contributed by atoms with Gasteiger partial charge in [0, 0.05) is 0 Å². The normalized spacial score (nSPS) is 10.8. The Morgan fingerprint density at radius 1 is 1.47 bits per heavy atom. The fraction of sp³-hybridized carbons (Fsp3) is 0.222. The number of nitrogens with one attached hydrogen (secondary N) is 1. The molecule has 1 N–H and O–H groups in total. The minimum absolute atomic E-state index is 0.0729. The maximum atomic E-state index is 11.5. The highest BCUT2D eigenvalue weighted by molar-refractivity contribution is 5.74. The van der Waals surface area contributed by atoms with Crippen LogP contribution in [-0.2, 0) is 7.05 Å². The third-order valence-electron chi connectivity index (χ3n) is 2.36. The van der Waals surface area contributed by atoms with Gasteiger partial charge in [0.15, 0.2) is 0 Å². The molecule has 2 aromatic rings. The van der Waals surface area contributed by atoms with Gasteiger partial charge in [0.1, 0.15) is 5.39 Å². The van der Waals surface area contributed by atoms with Crippen molar-refractivity contribution < 1.29 is 4.73 Å². The van der Waals surface area contributed by atoms with Crippen LogP contribution < -0.4 is 16.0 Å². The number of hydrogen-bond donors (Lipinski definition) is 1. The molecule has 0 atom stereocenters. The number of aromatic nitrogens is 3. The summed E-state index contributed by atoms with van der Waals surface area (Å²) in [4.78, 5) is 24.9. The molecule has 2 heterocycles. The zero-order valence-corrected chi connectivity index (χ0v) is 8.27. The molecule has 0 amide bonds. The van der Waals surface area contributed by atoms with Gasteiger partial charge in [-0.3, -0.25) is 9.78 Å². The Labute approximate surface area is 84.0 Å². The molecule has 0 radical (unpaired) electrons. The lowest BCUT2D eigenvalue weighted by molar-refractivity contribution is -0.580. The zero-order valence-electron chi connectivity index (χ0n) is 8.27. The number of aromatic amines is 1. The molecule has 0 unspecified atom stereocenters. The lowest BCUT2D eigenvalue weighted by Crippen LogP contribution is -2.38. The van der Waals surface area contributed by atoms with Crippen LogP contribution in [0.3, 0.4) is 0 Å². The monoisotopic (exact) mass is 207 g/mol. The van der Waals surface area contributed by atoms with Crippen LogP contribution in [0.5, 0.6) is 0 Å². The van der Waals surface area contributed by atoms with Crippen LogP contribution in [0.4, 0.5) is 0 Å². The predicted molar refractivity (Wildman–Crippen MR) is 53.5 cm³/mol. The van der Waals surface area contributed by atoms with Crippen molar-refractivity contribution in [2.24, 2.45) is 7.05 Å². The molecule has 78 valence electrons. The molecule has 0 saturated heterocycles. The van der Waals surface area contributed by atoms with Crippen LogP contribution in [0.15, 0.2) is 21.9 Å². The minimum atomic E-state index is -0.595. The Kier molecular flexibility index (Phi) is 1.85. The number of rotatable bonds is 0. The molecule has 0 aliphatic rings. The van der Waals surface area contributed by atoms with Gasteiger partial charge in [0.05, 0.1) is 13.2 Å². The quantitative estimate of drug-likeness (QED) is 0.452. The van der Waals surface area contributed by atoms with E-state index in [0.29, 0.717) is 10.3 Å². The molecular weight excluding hydrogens is 198 g/mol. The topological polar surface area (TPSA) is 81.8 Å². The Bertz CT molecular complexity index is 654. The second-order valence-corrected chi connectivity index (χ2v) is 3.34. The van der Waals surface area contributed by atoms with Crippen molar-refractivity contribution in [3.8, 4) is 0 Å². The first kappa shape index (κ1) is 9.45. The summed E-state index contributed by atoms with van der Waals surface area (Å²) in [6, 6.07) is 1.54. The molecule has 6 nitrogen and oxygen atoms in total. The molecule has 2 rings (SSSR count). The largest absolute Gasteiger partial charge is 0.711 e. The van der Waals surface area contributed by atoms with Crippen molar-refractivity contribution in [2.75, 3.05) is 0 Å². The molecule has 0 aliphatic heterocycles. The standard InChI is InChI=1S/C9H9N3O3/c1-5-3-4-12(15)8-6(5)7(13)10-9(14)11(8)2/h3-4H,1-2H3,(H,10,13,14). The SMILES string of the molecule is Cc1cc[n+]([O-])c2c1c(=O)[nH]c(=O)n2C. The van der Waals surface area contributed by atoms with E-state index in [4.69, 9.17) is 0 Å². The fourth-order valence-corrected chi connectivity index (χ4v) is 1.56. The fourth-order valence-electron chi connectivity index (χ4n) is 1.56. The van der Waals surface area contributed by atoms with Gasteiger partial charge in [-0.1, -0.05) is 0 Å². The summed E-state index contributed by atoms with van der Waals surface area (Å²) in [5, 5.41) is 11.7. The van der Waals surface area contributed by atoms with Crippen molar-refractivity contribution in [2.45, 2.75) is 6.92 Å². The van der Waals surface area contributed by atoms with E-state index in [1.54, 1.807) is 6.92 Å². The Hall–Kier alpha value is -2.11. The summed E-state index contributed by atoms with van der Waals surface area (Å²) in [5.74, 6) is 0. The average Bonchev–Trinajstić information content (AvgIpc) is 2.18. The first-order valence-electron chi connectivity index (χ1n) is 4.34. The summed E-state index contributed by atoms with van der Waals surface area (Å²) in [6.45, 7) is 1.71. The number of hydrogen-bond acceptors (Lipinski definition) is 3. The van der Waals surface area contributed by atoms with Crippen LogP contribution in [0.2, 0.25) is 0 Å². The number of aryl methyl sites for hydroxylation is 2. The van der Waals surface area contributed by atoms with Gasteiger partial charge >= 0.3 is 11.3 Å². The van der Waals surface area contributed by atoms with Gasteiger partial charge < -0.3 is 5.21 Å². The third-order valence-corrected chi connectivity index (χ3v) is 2.36. The van der Waals surface area contributed by atoms with Gasteiger partial charge in [0.25, 0.3) is 5.56 Å². The predicted octanol–water partition coefficient (Wildman–Crippen LogP) is -0.831. The van der Waals surface area contributed by atoms with Crippen molar-refractivity contribution in [3.05, 3.63) is 43.9 Å². The summed E-state index contributed by atoms with van der Waals surface area (Å²) >= 11 is 0. The molecular formula is C9H9N3O3. The Balaban J connectivity index is 3.23. The lowest BCUT2D eigenvalue weighted by Gasteiger charge is -2.07. The maximum Gasteiger partial charge on any atom is 0.415 e. The zero-order chi connectivity index (χ0) is 11.2. The van der Waals surface area contributed by atoms with Crippen LogP contribution in [0.1, 0.15) is 5.56 Å². The number of fused-ring (bicyclic) bond motifs is 1. The van der Waals surface area contributed by atoms with E-state index >= 15 is 0 Å². The summed E-state index contributed by atoms with van der Waals surface area (Å²) in [5.41, 5.74) is -0.392. The van der Waals surface area contributed by atoms with Crippen LogP contribution in [0.25, 0.3) is 11.0 Å². The van der Waals surface area contributed by atoms with Crippen molar-refractivity contribution >= 4 is 11.0 Å².